The van der Waals surface area contributed by atoms with Crippen molar-refractivity contribution in [2.24, 2.45) is 0 Å². The SMILES string of the molecule is Cc1ccc(S(=O)(=O)Nc2ccc3c(c2)CCCN3S(=O)(=O)c2ccccc2)cc1Cl. The summed E-state index contributed by atoms with van der Waals surface area (Å²) >= 11 is 6.07. The lowest BCUT2D eigenvalue weighted by Gasteiger charge is -2.31. The lowest BCUT2D eigenvalue weighted by Crippen LogP contribution is -2.35. The van der Waals surface area contributed by atoms with Crippen molar-refractivity contribution in [1.82, 2.24) is 0 Å². The van der Waals surface area contributed by atoms with Gasteiger partial charge in [-0.05, 0) is 73.4 Å². The van der Waals surface area contributed by atoms with Gasteiger partial charge in [-0.2, -0.15) is 0 Å². The van der Waals surface area contributed by atoms with Crippen LogP contribution in [0.25, 0.3) is 0 Å². The van der Waals surface area contributed by atoms with Crippen LogP contribution in [0.2, 0.25) is 5.02 Å². The number of anilines is 2. The van der Waals surface area contributed by atoms with Gasteiger partial charge in [0.1, 0.15) is 0 Å². The zero-order chi connectivity index (χ0) is 22.2. The van der Waals surface area contributed by atoms with Gasteiger partial charge >= 0.3 is 0 Å². The molecule has 0 saturated heterocycles. The van der Waals surface area contributed by atoms with Gasteiger partial charge < -0.3 is 0 Å². The smallest absolute Gasteiger partial charge is 0.264 e. The number of benzene rings is 3. The van der Waals surface area contributed by atoms with E-state index in [0.29, 0.717) is 35.8 Å². The van der Waals surface area contributed by atoms with Crippen molar-refractivity contribution in [3.63, 3.8) is 0 Å². The van der Waals surface area contributed by atoms with Crippen molar-refractivity contribution >= 4 is 43.0 Å². The third-order valence-corrected chi connectivity index (χ3v) is 8.81. The van der Waals surface area contributed by atoms with Crippen LogP contribution in [0.15, 0.2) is 76.5 Å². The summed E-state index contributed by atoms with van der Waals surface area (Å²) in [5.41, 5.74) is 2.49. The predicted molar refractivity (Wildman–Crippen MR) is 123 cm³/mol. The molecular weight excluding hydrogens is 456 g/mol. The van der Waals surface area contributed by atoms with E-state index in [2.05, 4.69) is 4.72 Å². The summed E-state index contributed by atoms with van der Waals surface area (Å²) in [6, 6.07) is 17.7. The topological polar surface area (TPSA) is 83.6 Å². The Morgan fingerprint density at radius 2 is 1.65 bits per heavy atom. The molecule has 0 radical (unpaired) electrons. The minimum atomic E-state index is -3.83. The van der Waals surface area contributed by atoms with E-state index in [9.17, 15) is 16.8 Å². The first-order valence-corrected chi connectivity index (χ1v) is 13.0. The molecule has 3 aromatic carbocycles. The Kier molecular flexibility index (Phi) is 5.72. The summed E-state index contributed by atoms with van der Waals surface area (Å²) in [7, 11) is -7.53. The minimum absolute atomic E-state index is 0.0640. The molecule has 6 nitrogen and oxygen atoms in total. The van der Waals surface area contributed by atoms with Crippen molar-refractivity contribution in [1.29, 1.82) is 0 Å². The number of nitrogens with one attached hydrogen (secondary N) is 1. The fourth-order valence-corrected chi connectivity index (χ4v) is 6.43. The molecule has 1 heterocycles. The molecule has 0 spiro atoms. The highest BCUT2D eigenvalue weighted by Crippen LogP contribution is 2.34. The maximum atomic E-state index is 13.1. The van der Waals surface area contributed by atoms with E-state index >= 15 is 0 Å². The van der Waals surface area contributed by atoms with Crippen molar-refractivity contribution in [3.05, 3.63) is 82.9 Å². The summed E-state index contributed by atoms with van der Waals surface area (Å²) in [4.78, 5) is 0.290. The highest BCUT2D eigenvalue weighted by molar-refractivity contribution is 7.93. The zero-order valence-corrected chi connectivity index (χ0v) is 19.1. The maximum absolute atomic E-state index is 13.1. The number of fused-ring (bicyclic) bond motifs is 1. The summed E-state index contributed by atoms with van der Waals surface area (Å²) in [6.07, 6.45) is 1.30. The molecule has 0 unspecified atom stereocenters. The van der Waals surface area contributed by atoms with Gasteiger partial charge in [0.05, 0.1) is 15.5 Å². The molecule has 0 fully saturated rings. The van der Waals surface area contributed by atoms with Crippen LogP contribution in [0.1, 0.15) is 17.5 Å². The van der Waals surface area contributed by atoms with Gasteiger partial charge in [-0.3, -0.25) is 9.03 Å². The van der Waals surface area contributed by atoms with Crippen LogP contribution in [0.4, 0.5) is 11.4 Å². The van der Waals surface area contributed by atoms with Gasteiger partial charge in [0, 0.05) is 17.3 Å². The molecule has 0 atom stereocenters. The fraction of sp³-hybridized carbons (Fsp3) is 0.182. The Bertz CT molecular complexity index is 1340. The quantitative estimate of drug-likeness (QED) is 0.583. The van der Waals surface area contributed by atoms with E-state index in [0.717, 1.165) is 11.1 Å². The first kappa shape index (κ1) is 21.7. The third kappa shape index (κ3) is 4.28. The second-order valence-electron chi connectivity index (χ2n) is 7.35. The molecule has 0 amide bonds. The van der Waals surface area contributed by atoms with Gasteiger partial charge in [0.15, 0.2) is 0 Å². The number of hydrogen-bond donors (Lipinski definition) is 1. The van der Waals surface area contributed by atoms with Crippen LogP contribution in [0, 0.1) is 6.92 Å². The Labute approximate surface area is 187 Å². The van der Waals surface area contributed by atoms with E-state index in [1.165, 1.54) is 16.4 Å². The van der Waals surface area contributed by atoms with Crippen LogP contribution >= 0.6 is 11.6 Å². The monoisotopic (exact) mass is 476 g/mol. The number of sulfonamides is 2. The largest absolute Gasteiger partial charge is 0.280 e. The van der Waals surface area contributed by atoms with Crippen molar-refractivity contribution in [2.45, 2.75) is 29.6 Å². The Morgan fingerprint density at radius 1 is 0.903 bits per heavy atom. The Balaban J connectivity index is 1.65. The van der Waals surface area contributed by atoms with Crippen LogP contribution in [0.3, 0.4) is 0 Å². The van der Waals surface area contributed by atoms with E-state index in [1.807, 2.05) is 0 Å². The van der Waals surface area contributed by atoms with E-state index in [1.54, 1.807) is 61.5 Å². The zero-order valence-electron chi connectivity index (χ0n) is 16.7. The summed E-state index contributed by atoms with van der Waals surface area (Å²) in [6.45, 7) is 2.17. The van der Waals surface area contributed by atoms with Gasteiger partial charge in [-0.1, -0.05) is 35.9 Å². The second-order valence-corrected chi connectivity index (χ2v) is 11.3. The molecule has 4 rings (SSSR count). The van der Waals surface area contributed by atoms with Crippen LogP contribution < -0.4 is 9.03 Å². The van der Waals surface area contributed by atoms with Crippen LogP contribution in [-0.2, 0) is 26.5 Å². The molecule has 1 N–H and O–H groups in total. The van der Waals surface area contributed by atoms with Gasteiger partial charge in [0.25, 0.3) is 20.0 Å². The lowest BCUT2D eigenvalue weighted by atomic mass is 10.0. The molecule has 1 aliphatic rings. The molecule has 1 aliphatic heterocycles. The Morgan fingerprint density at radius 3 is 2.35 bits per heavy atom. The summed E-state index contributed by atoms with van der Waals surface area (Å²) < 4.78 is 55.7. The molecule has 9 heteroatoms. The van der Waals surface area contributed by atoms with Crippen molar-refractivity contribution < 1.29 is 16.8 Å². The number of rotatable bonds is 5. The minimum Gasteiger partial charge on any atom is -0.280 e. The molecule has 0 aromatic heterocycles. The molecule has 0 aliphatic carbocycles. The molecule has 31 heavy (non-hydrogen) atoms. The van der Waals surface area contributed by atoms with Gasteiger partial charge in [-0.15, -0.1) is 0 Å². The van der Waals surface area contributed by atoms with E-state index in [-0.39, 0.29) is 9.79 Å². The molecular formula is C22H21ClN2O4S2. The van der Waals surface area contributed by atoms with Crippen molar-refractivity contribution in [3.8, 4) is 0 Å². The second kappa shape index (κ2) is 8.18. The normalized spacial score (nSPS) is 14.2. The summed E-state index contributed by atoms with van der Waals surface area (Å²) in [5, 5.41) is 0.370. The highest BCUT2D eigenvalue weighted by atomic mass is 35.5. The van der Waals surface area contributed by atoms with Gasteiger partial charge in [0.2, 0.25) is 0 Å². The summed E-state index contributed by atoms with van der Waals surface area (Å²) in [5.74, 6) is 0. The first-order chi connectivity index (χ1) is 14.7. The van der Waals surface area contributed by atoms with Crippen LogP contribution in [0.5, 0.6) is 0 Å². The molecule has 162 valence electrons. The first-order valence-electron chi connectivity index (χ1n) is 9.68. The highest BCUT2D eigenvalue weighted by Gasteiger charge is 2.29. The third-order valence-electron chi connectivity index (χ3n) is 5.19. The fourth-order valence-electron chi connectivity index (χ4n) is 3.55. The maximum Gasteiger partial charge on any atom is 0.264 e. The van der Waals surface area contributed by atoms with E-state index < -0.39 is 20.0 Å². The standard InChI is InChI=1S/C22H21ClN2O4S2/c1-16-9-11-20(15-21(16)23)30(26,27)24-18-10-12-22-17(14-18)6-5-13-25(22)31(28,29)19-7-3-2-4-8-19/h2-4,7-12,14-15,24H,5-6,13H2,1H3. The molecule has 0 saturated carbocycles. The van der Waals surface area contributed by atoms with E-state index in [4.69, 9.17) is 11.6 Å². The van der Waals surface area contributed by atoms with Crippen LogP contribution in [-0.4, -0.2) is 23.4 Å². The number of nitrogens with zero attached hydrogens (tertiary/aromatic N) is 1. The van der Waals surface area contributed by atoms with Crippen molar-refractivity contribution in [2.75, 3.05) is 15.6 Å². The van der Waals surface area contributed by atoms with Gasteiger partial charge in [-0.25, -0.2) is 16.8 Å². The number of hydrogen-bond acceptors (Lipinski definition) is 4. The lowest BCUT2D eigenvalue weighted by molar-refractivity contribution is 0.586. The average molecular weight is 477 g/mol. The predicted octanol–water partition coefficient (Wildman–Crippen LogP) is 4.59. The molecule has 0 bridgehead atoms. The average Bonchev–Trinajstić information content (AvgIpc) is 2.75. The number of halogens is 1. The number of aryl methyl sites for hydroxylation is 2. The molecule has 3 aromatic rings. The Hall–Kier alpha value is -2.55.